The minimum atomic E-state index is -0.726. The lowest BCUT2D eigenvalue weighted by Gasteiger charge is -2.45. The van der Waals surface area contributed by atoms with Crippen LogP contribution >= 0.6 is 0 Å². The number of carbonyl (C=O) groups is 1. The first-order valence-electron chi connectivity index (χ1n) is 4.65. The molecule has 0 aromatic carbocycles. The second-order valence-electron chi connectivity index (χ2n) is 3.94. The van der Waals surface area contributed by atoms with Crippen molar-refractivity contribution in [2.45, 2.75) is 24.9 Å². The van der Waals surface area contributed by atoms with Crippen molar-refractivity contribution in [1.82, 2.24) is 0 Å². The summed E-state index contributed by atoms with van der Waals surface area (Å²) in [4.78, 5) is 11.0. The Hall–Kier alpha value is -0.830. The lowest BCUT2D eigenvalue weighted by Crippen LogP contribution is -2.49. The number of carboxylic acids is 1. The third-order valence-electron chi connectivity index (χ3n) is 3.36. The standard InChI is InChI=1S/C10H14O3/c1-13-10-4-2-7(3-5-10)6-8(10)9(11)12/h2,4,7-8H,3,5-6H2,1H3,(H,11,12)/t7-,8-,10-/m0/s1. The second-order valence-corrected chi connectivity index (χ2v) is 3.94. The van der Waals surface area contributed by atoms with Gasteiger partial charge in [-0.15, -0.1) is 0 Å². The number of fused-ring (bicyclic) bond motifs is 2. The summed E-state index contributed by atoms with van der Waals surface area (Å²) >= 11 is 0. The van der Waals surface area contributed by atoms with E-state index < -0.39 is 11.6 Å². The van der Waals surface area contributed by atoms with Crippen molar-refractivity contribution in [3.63, 3.8) is 0 Å². The predicted octanol–water partition coefficient (Wildman–Crippen LogP) is 1.44. The highest BCUT2D eigenvalue weighted by atomic mass is 16.5. The number of methoxy groups -OCH3 is 1. The van der Waals surface area contributed by atoms with Gasteiger partial charge in [0.05, 0.1) is 11.5 Å². The third kappa shape index (κ3) is 1.18. The van der Waals surface area contributed by atoms with Gasteiger partial charge < -0.3 is 9.84 Å². The Morgan fingerprint density at radius 2 is 2.46 bits per heavy atom. The number of hydrogen-bond donors (Lipinski definition) is 1. The van der Waals surface area contributed by atoms with Crippen LogP contribution in [0.25, 0.3) is 0 Å². The van der Waals surface area contributed by atoms with Crippen LogP contribution in [-0.2, 0) is 9.53 Å². The minimum Gasteiger partial charge on any atom is -0.481 e. The lowest BCUT2D eigenvalue weighted by molar-refractivity contribution is -0.157. The quantitative estimate of drug-likeness (QED) is 0.657. The molecule has 2 bridgehead atoms. The van der Waals surface area contributed by atoms with Crippen LogP contribution in [-0.4, -0.2) is 23.8 Å². The van der Waals surface area contributed by atoms with E-state index in [0.717, 1.165) is 19.3 Å². The molecule has 72 valence electrons. The Labute approximate surface area is 77.4 Å². The molecule has 0 aromatic rings. The summed E-state index contributed by atoms with van der Waals surface area (Å²) in [5, 5.41) is 9.04. The zero-order chi connectivity index (χ0) is 9.47. The maximum atomic E-state index is 11.0. The summed E-state index contributed by atoms with van der Waals surface area (Å²) < 4.78 is 5.37. The summed E-state index contributed by atoms with van der Waals surface area (Å²) in [6, 6.07) is 0. The second kappa shape index (κ2) is 2.84. The van der Waals surface area contributed by atoms with Crippen molar-refractivity contribution in [3.8, 4) is 0 Å². The fourth-order valence-electron chi connectivity index (χ4n) is 2.50. The zero-order valence-corrected chi connectivity index (χ0v) is 7.69. The molecule has 3 atom stereocenters. The van der Waals surface area contributed by atoms with E-state index in [-0.39, 0.29) is 5.92 Å². The van der Waals surface area contributed by atoms with Gasteiger partial charge in [-0.1, -0.05) is 12.2 Å². The number of rotatable bonds is 2. The maximum absolute atomic E-state index is 11.0. The average Bonchev–Trinajstić information content (AvgIpc) is 2.19. The Kier molecular flexibility index (Phi) is 1.91. The summed E-state index contributed by atoms with van der Waals surface area (Å²) in [6.45, 7) is 0. The molecule has 0 aliphatic heterocycles. The molecule has 3 aliphatic carbocycles. The largest absolute Gasteiger partial charge is 0.481 e. The van der Waals surface area contributed by atoms with Crippen LogP contribution in [0.3, 0.4) is 0 Å². The first-order valence-corrected chi connectivity index (χ1v) is 4.65. The average molecular weight is 182 g/mol. The van der Waals surface area contributed by atoms with Gasteiger partial charge in [-0.05, 0) is 25.2 Å². The third-order valence-corrected chi connectivity index (χ3v) is 3.36. The number of ether oxygens (including phenoxy) is 1. The molecule has 0 unspecified atom stereocenters. The van der Waals surface area contributed by atoms with Crippen LogP contribution in [0.2, 0.25) is 0 Å². The molecule has 0 radical (unpaired) electrons. The molecule has 3 heteroatoms. The van der Waals surface area contributed by atoms with E-state index in [2.05, 4.69) is 6.08 Å². The minimum absolute atomic E-state index is 0.346. The number of aliphatic carboxylic acids is 1. The van der Waals surface area contributed by atoms with Crippen LogP contribution in [0.5, 0.6) is 0 Å². The van der Waals surface area contributed by atoms with Gasteiger partial charge >= 0.3 is 5.97 Å². The first kappa shape index (κ1) is 8.75. The molecule has 3 aliphatic rings. The smallest absolute Gasteiger partial charge is 0.309 e. The Bertz CT molecular complexity index is 259. The summed E-state index contributed by atoms with van der Waals surface area (Å²) in [7, 11) is 1.60. The number of hydrogen-bond acceptors (Lipinski definition) is 2. The highest BCUT2D eigenvalue weighted by Gasteiger charge is 2.48. The van der Waals surface area contributed by atoms with Crippen LogP contribution < -0.4 is 0 Å². The monoisotopic (exact) mass is 182 g/mol. The van der Waals surface area contributed by atoms with E-state index >= 15 is 0 Å². The van der Waals surface area contributed by atoms with E-state index in [1.807, 2.05) is 6.08 Å². The van der Waals surface area contributed by atoms with Crippen LogP contribution in [0.4, 0.5) is 0 Å². The topological polar surface area (TPSA) is 46.5 Å². The van der Waals surface area contributed by atoms with Crippen molar-refractivity contribution in [1.29, 1.82) is 0 Å². The predicted molar refractivity (Wildman–Crippen MR) is 47.3 cm³/mol. The van der Waals surface area contributed by atoms with Gasteiger partial charge in [0.15, 0.2) is 0 Å². The van der Waals surface area contributed by atoms with Crippen LogP contribution in [0.15, 0.2) is 12.2 Å². The normalized spacial score (nSPS) is 42.2. The molecule has 3 nitrogen and oxygen atoms in total. The fourth-order valence-corrected chi connectivity index (χ4v) is 2.50. The molecule has 13 heavy (non-hydrogen) atoms. The van der Waals surface area contributed by atoms with Gasteiger partial charge in [-0.3, -0.25) is 4.79 Å². The fraction of sp³-hybridized carbons (Fsp3) is 0.700. The van der Waals surface area contributed by atoms with Gasteiger partial charge in [0.1, 0.15) is 0 Å². The van der Waals surface area contributed by atoms with Gasteiger partial charge in [0.2, 0.25) is 0 Å². The van der Waals surface area contributed by atoms with E-state index in [4.69, 9.17) is 9.84 Å². The van der Waals surface area contributed by atoms with Gasteiger partial charge in [0, 0.05) is 7.11 Å². The molecule has 0 saturated heterocycles. The van der Waals surface area contributed by atoms with Crippen LogP contribution in [0, 0.1) is 11.8 Å². The molecular weight excluding hydrogens is 168 g/mol. The van der Waals surface area contributed by atoms with E-state index in [1.54, 1.807) is 7.11 Å². The molecule has 0 heterocycles. The maximum Gasteiger partial charge on any atom is 0.309 e. The summed E-state index contributed by atoms with van der Waals surface area (Å²) in [5.41, 5.74) is -0.513. The Morgan fingerprint density at radius 1 is 1.69 bits per heavy atom. The van der Waals surface area contributed by atoms with E-state index in [9.17, 15) is 4.79 Å². The molecule has 1 fully saturated rings. The Morgan fingerprint density at radius 3 is 2.85 bits per heavy atom. The molecular formula is C10H14O3. The summed E-state index contributed by atoms with van der Waals surface area (Å²) in [5.74, 6) is -0.615. The Balaban J connectivity index is 2.32. The highest BCUT2D eigenvalue weighted by Crippen LogP contribution is 2.45. The summed E-state index contributed by atoms with van der Waals surface area (Å²) in [6.07, 6.45) is 6.70. The SMILES string of the molecule is CO[C@@]12C=C[C@@H](CC1)C[C@H]2C(=O)O. The highest BCUT2D eigenvalue weighted by molar-refractivity contribution is 5.73. The molecule has 3 rings (SSSR count). The van der Waals surface area contributed by atoms with Crippen molar-refractivity contribution >= 4 is 5.97 Å². The number of carboxylic acid groups (broad SMARTS) is 1. The first-order chi connectivity index (χ1) is 6.18. The van der Waals surface area contributed by atoms with Gasteiger partial charge in [-0.25, -0.2) is 0 Å². The van der Waals surface area contributed by atoms with Crippen molar-refractivity contribution in [3.05, 3.63) is 12.2 Å². The van der Waals surface area contributed by atoms with Crippen molar-refractivity contribution in [2.24, 2.45) is 11.8 Å². The number of allylic oxidation sites excluding steroid dienone is 1. The molecule has 1 N–H and O–H groups in total. The molecule has 1 saturated carbocycles. The zero-order valence-electron chi connectivity index (χ0n) is 7.69. The van der Waals surface area contributed by atoms with E-state index in [1.165, 1.54) is 0 Å². The van der Waals surface area contributed by atoms with Crippen molar-refractivity contribution in [2.75, 3.05) is 7.11 Å². The molecule has 0 amide bonds. The van der Waals surface area contributed by atoms with Crippen LogP contribution in [0.1, 0.15) is 19.3 Å². The van der Waals surface area contributed by atoms with Gasteiger partial charge in [0.25, 0.3) is 0 Å². The van der Waals surface area contributed by atoms with E-state index in [0.29, 0.717) is 5.92 Å². The lowest BCUT2D eigenvalue weighted by atomic mass is 9.66. The van der Waals surface area contributed by atoms with Gasteiger partial charge in [-0.2, -0.15) is 0 Å². The molecule has 0 aromatic heterocycles. The molecule has 0 spiro atoms. The van der Waals surface area contributed by atoms with Crippen molar-refractivity contribution < 1.29 is 14.6 Å².